The van der Waals surface area contributed by atoms with E-state index in [0.29, 0.717) is 0 Å². The fourth-order valence-electron chi connectivity index (χ4n) is 5.80. The number of aromatic nitrogens is 2. The van der Waals surface area contributed by atoms with E-state index in [4.69, 9.17) is 0 Å². The number of benzene rings is 4. The minimum absolute atomic E-state index is 1.13. The molecule has 2 nitrogen and oxygen atoms in total. The lowest BCUT2D eigenvalue weighted by atomic mass is 9.95. The van der Waals surface area contributed by atoms with Gasteiger partial charge in [0.25, 0.3) is 0 Å². The van der Waals surface area contributed by atoms with Gasteiger partial charge in [-0.2, -0.15) is 0 Å². The molecule has 3 heteroatoms. The van der Waals surface area contributed by atoms with Crippen LogP contribution in [0.1, 0.15) is 26.5 Å². The lowest BCUT2D eigenvalue weighted by Crippen LogP contribution is -2.29. The van der Waals surface area contributed by atoms with Gasteiger partial charge in [-0.05, 0) is 86.8 Å². The maximum Gasteiger partial charge on any atom is 0.138 e. The van der Waals surface area contributed by atoms with Gasteiger partial charge in [-0.1, -0.05) is 51.0 Å². The van der Waals surface area contributed by atoms with Gasteiger partial charge in [-0.25, -0.2) is 0 Å². The first-order valence-corrected chi connectivity index (χ1v) is 15.5. The van der Waals surface area contributed by atoms with Crippen molar-refractivity contribution >= 4 is 62.2 Å². The van der Waals surface area contributed by atoms with Gasteiger partial charge in [-0.15, -0.1) is 5.54 Å². The number of aryl methyl sites for hydroxylation is 2. The minimum atomic E-state index is -1.48. The number of rotatable bonds is 3. The predicted molar refractivity (Wildman–Crippen MR) is 156 cm³/mol. The Morgan fingerprint density at radius 3 is 1.86 bits per heavy atom. The highest BCUT2D eigenvalue weighted by atomic mass is 28.3. The summed E-state index contributed by atoms with van der Waals surface area (Å²) in [7, 11) is 2.79. The maximum absolute atomic E-state index is 3.77. The van der Waals surface area contributed by atoms with E-state index >= 15 is 0 Å². The van der Waals surface area contributed by atoms with Crippen LogP contribution in [0.2, 0.25) is 18.1 Å². The van der Waals surface area contributed by atoms with Crippen LogP contribution in [0.25, 0.3) is 54.1 Å². The van der Waals surface area contributed by atoms with E-state index < -0.39 is 8.07 Å². The summed E-state index contributed by atoms with van der Waals surface area (Å²) in [5.41, 5.74) is 7.43. The van der Waals surface area contributed by atoms with Crippen LogP contribution in [0.5, 0.6) is 0 Å². The van der Waals surface area contributed by atoms with Gasteiger partial charge in [0.2, 0.25) is 0 Å². The molecule has 4 aromatic carbocycles. The van der Waals surface area contributed by atoms with E-state index in [0.717, 1.165) is 5.69 Å². The third kappa shape index (κ3) is 3.32. The van der Waals surface area contributed by atoms with Gasteiger partial charge in [0, 0.05) is 42.1 Å². The Balaban J connectivity index is 1.57. The zero-order valence-corrected chi connectivity index (χ0v) is 22.4. The van der Waals surface area contributed by atoms with Crippen LogP contribution >= 0.6 is 0 Å². The summed E-state index contributed by atoms with van der Waals surface area (Å²) in [6.45, 7) is 6.96. The molecule has 2 aromatic heterocycles. The van der Waals surface area contributed by atoms with E-state index in [1.54, 1.807) is 0 Å². The third-order valence-corrected chi connectivity index (χ3v) is 13.2. The highest BCUT2D eigenvalue weighted by molar-refractivity contribution is 6.87. The van der Waals surface area contributed by atoms with Crippen LogP contribution in [0.3, 0.4) is 0 Å². The van der Waals surface area contributed by atoms with Crippen molar-refractivity contribution in [3.05, 3.63) is 72.6 Å². The largest absolute Gasteiger partial charge is 0.351 e. The summed E-state index contributed by atoms with van der Waals surface area (Å²) in [6, 6.07) is 26.7. The van der Waals surface area contributed by atoms with Crippen molar-refractivity contribution in [1.82, 2.24) is 9.13 Å². The lowest BCUT2D eigenvalue weighted by molar-refractivity contribution is 0.952. The van der Waals surface area contributed by atoms with Crippen molar-refractivity contribution in [3.8, 4) is 11.5 Å². The molecule has 0 saturated carbocycles. The molecule has 174 valence electrons. The fourth-order valence-corrected chi connectivity index (χ4v) is 8.23. The molecule has 2 heterocycles. The molecule has 35 heavy (non-hydrogen) atoms. The molecule has 0 aliphatic rings. The zero-order valence-electron chi connectivity index (χ0n) is 21.4. The molecule has 0 aliphatic heterocycles. The predicted octanol–water partition coefficient (Wildman–Crippen LogP) is 8.53. The molecular weight excluding hydrogens is 440 g/mol. The topological polar surface area (TPSA) is 9.86 Å². The van der Waals surface area contributed by atoms with Gasteiger partial charge in [-0.3, -0.25) is 0 Å². The molecule has 0 atom stereocenters. The van der Waals surface area contributed by atoms with Crippen LogP contribution in [0.15, 0.2) is 66.9 Å². The Morgan fingerprint density at radius 1 is 0.629 bits per heavy atom. The van der Waals surface area contributed by atoms with E-state index in [9.17, 15) is 0 Å². The smallest absolute Gasteiger partial charge is 0.138 e. The first-order chi connectivity index (χ1) is 17.0. The molecule has 0 bridgehead atoms. The summed E-state index contributed by atoms with van der Waals surface area (Å²) in [5, 5.41) is 10.4. The Morgan fingerprint density at radius 2 is 1.23 bits per heavy atom. The second kappa shape index (κ2) is 8.04. The van der Waals surface area contributed by atoms with Crippen LogP contribution < -0.4 is 0 Å². The molecule has 0 aliphatic carbocycles. The highest BCUT2D eigenvalue weighted by Gasteiger charge is 2.24. The minimum Gasteiger partial charge on any atom is -0.351 e. The van der Waals surface area contributed by atoms with Crippen LogP contribution in [-0.4, -0.2) is 17.2 Å². The molecule has 0 radical (unpaired) electrons. The second-order valence-corrected chi connectivity index (χ2v) is 15.0. The first-order valence-electron chi connectivity index (χ1n) is 12.8. The third-order valence-electron chi connectivity index (χ3n) is 8.49. The van der Waals surface area contributed by atoms with Crippen LogP contribution in [0.4, 0.5) is 0 Å². The van der Waals surface area contributed by atoms with E-state index in [1.165, 1.54) is 72.3 Å². The molecule has 6 rings (SSSR count). The normalized spacial score (nSPS) is 12.3. The van der Waals surface area contributed by atoms with Crippen molar-refractivity contribution in [2.45, 2.75) is 38.9 Å². The number of hydrogen-bond acceptors (Lipinski definition) is 0. The number of nitrogens with zero attached hydrogens (tertiary/aromatic N) is 2. The van der Waals surface area contributed by atoms with Crippen LogP contribution in [-0.2, 0) is 14.1 Å². The molecule has 0 fully saturated rings. The molecule has 6 aromatic rings. The summed E-state index contributed by atoms with van der Waals surface area (Å²) >= 11 is 0. The first kappa shape index (κ1) is 22.0. The molecule has 0 spiro atoms. The summed E-state index contributed by atoms with van der Waals surface area (Å²) in [5.74, 6) is 3.60. The average Bonchev–Trinajstić information content (AvgIpc) is 3.41. The maximum atomic E-state index is 3.77. The van der Waals surface area contributed by atoms with Gasteiger partial charge in [0.05, 0.1) is 5.69 Å². The average molecular weight is 473 g/mol. The molecular formula is C32H32N2Si. The van der Waals surface area contributed by atoms with Gasteiger partial charge >= 0.3 is 0 Å². The second-order valence-electron chi connectivity index (χ2n) is 10.1. The number of fused-ring (bicyclic) bond motifs is 7. The Bertz CT molecular complexity index is 1830. The number of hydrogen-bond donors (Lipinski definition) is 0. The van der Waals surface area contributed by atoms with Crippen molar-refractivity contribution in [3.63, 3.8) is 0 Å². The summed E-state index contributed by atoms with van der Waals surface area (Å²) < 4.78 is 4.47. The van der Waals surface area contributed by atoms with Gasteiger partial charge in [0.15, 0.2) is 0 Å². The SMILES string of the molecule is CC[Si](C#Cc1cc2cc3c(ccc4c5cc6ccn(C)c6cc5ccc34)cc2n1C)(CC)CC. The molecule has 0 amide bonds. The van der Waals surface area contributed by atoms with E-state index in [-0.39, 0.29) is 0 Å². The van der Waals surface area contributed by atoms with Crippen molar-refractivity contribution in [1.29, 1.82) is 0 Å². The highest BCUT2D eigenvalue weighted by Crippen LogP contribution is 2.35. The van der Waals surface area contributed by atoms with Crippen molar-refractivity contribution < 1.29 is 0 Å². The van der Waals surface area contributed by atoms with Gasteiger partial charge in [0.1, 0.15) is 8.07 Å². The summed E-state index contributed by atoms with van der Waals surface area (Å²) in [4.78, 5) is 0. The molecule has 0 N–H and O–H groups in total. The Kier molecular flexibility index (Phi) is 5.05. The summed E-state index contributed by atoms with van der Waals surface area (Å²) in [6.07, 6.45) is 2.14. The van der Waals surface area contributed by atoms with Crippen molar-refractivity contribution in [2.24, 2.45) is 14.1 Å². The monoisotopic (exact) mass is 472 g/mol. The van der Waals surface area contributed by atoms with Crippen LogP contribution in [0, 0.1) is 11.5 Å². The van der Waals surface area contributed by atoms with E-state index in [2.05, 4.69) is 122 Å². The quantitative estimate of drug-likeness (QED) is 0.139. The molecule has 0 saturated heterocycles. The standard InChI is InChI=1S/C32H32N2Si/c1-6-35(7-2,8-3)16-14-26-17-25-19-30-23(21-32(25)34(26)5)10-12-27-28(30)11-9-22-20-31-24(18-29(22)27)13-15-33(31)4/h9-13,15,17-21H,6-8H2,1-5H3. The molecule has 0 unspecified atom stereocenters. The Hall–Kier alpha value is -3.48. The van der Waals surface area contributed by atoms with E-state index in [1.807, 2.05) is 0 Å². The van der Waals surface area contributed by atoms with Gasteiger partial charge < -0.3 is 9.13 Å². The zero-order chi connectivity index (χ0) is 24.3. The fraction of sp³-hybridized carbons (Fsp3) is 0.250. The van der Waals surface area contributed by atoms with Crippen molar-refractivity contribution in [2.75, 3.05) is 0 Å². The lowest BCUT2D eigenvalue weighted by Gasteiger charge is -2.19. The Labute approximate surface area is 208 Å².